The first-order valence-corrected chi connectivity index (χ1v) is 12.2. The first-order chi connectivity index (χ1) is 14.7. The SMILES string of the molecule is F[P-](F)(F)(F)(F)F.O=C(C[SH2+])c1ccccc1Cc1c2ccccc2cc2ccccc12. The number of carbonyl (C=O) groups excluding carboxylic acids is 1. The zero-order chi connectivity index (χ0) is 23.6. The van der Waals surface area contributed by atoms with E-state index >= 15 is 0 Å². The van der Waals surface area contributed by atoms with Crippen molar-refractivity contribution in [1.29, 1.82) is 0 Å². The van der Waals surface area contributed by atoms with Crippen LogP contribution in [0.25, 0.3) is 21.5 Å². The Kier molecular flexibility index (Phi) is 6.09. The summed E-state index contributed by atoms with van der Waals surface area (Å²) < 4.78 is 59.2. The third kappa shape index (κ3) is 6.97. The fraction of sp³-hybridized carbons (Fsp3) is 0.0870. The number of carbonyl (C=O) groups is 1. The Bertz CT molecular complexity index is 1240. The minimum Gasteiger partial charge on any atom is -0.289 e. The van der Waals surface area contributed by atoms with Crippen LogP contribution in [-0.4, -0.2) is 11.5 Å². The Morgan fingerprint density at radius 1 is 0.719 bits per heavy atom. The molecule has 0 unspecified atom stereocenters. The zero-order valence-electron chi connectivity index (χ0n) is 16.5. The normalized spacial score (nSPS) is 13.7. The van der Waals surface area contributed by atoms with Crippen LogP contribution in [0.1, 0.15) is 21.5 Å². The van der Waals surface area contributed by atoms with Gasteiger partial charge < -0.3 is 0 Å². The Labute approximate surface area is 185 Å². The van der Waals surface area contributed by atoms with Gasteiger partial charge in [-0.3, -0.25) is 4.79 Å². The van der Waals surface area contributed by atoms with Crippen LogP contribution in [0.15, 0.2) is 78.9 Å². The van der Waals surface area contributed by atoms with Crippen molar-refractivity contribution >= 4 is 47.8 Å². The molecule has 0 aliphatic rings. The summed E-state index contributed by atoms with van der Waals surface area (Å²) in [5.74, 6) is 0.463. The summed E-state index contributed by atoms with van der Waals surface area (Å²) >= 11 is 3.35. The van der Waals surface area contributed by atoms with Gasteiger partial charge >= 0.3 is 33.0 Å². The summed E-state index contributed by atoms with van der Waals surface area (Å²) in [6, 6.07) is 27.1. The number of rotatable bonds is 4. The molecule has 9 heteroatoms. The molecule has 4 rings (SSSR count). The van der Waals surface area contributed by atoms with E-state index in [-0.39, 0.29) is 5.78 Å². The first kappa shape index (κ1) is 24.1. The summed E-state index contributed by atoms with van der Waals surface area (Å²) in [6.45, 7) is 0. The number of Topliss-reactive ketones (excluding diaryl/α,β-unsaturated/α-hetero) is 1. The number of ketones is 1. The number of halogens is 6. The van der Waals surface area contributed by atoms with Crippen LogP contribution in [0, 0.1) is 0 Å². The van der Waals surface area contributed by atoms with Crippen molar-refractivity contribution in [2.24, 2.45) is 0 Å². The smallest absolute Gasteiger partial charge is 0.211 e. The fourth-order valence-electron chi connectivity index (χ4n) is 3.53. The zero-order valence-corrected chi connectivity index (χ0v) is 18.4. The van der Waals surface area contributed by atoms with E-state index in [1.54, 1.807) is 0 Å². The largest absolute Gasteiger partial charge is 0.289 e. The minimum absolute atomic E-state index is 0.122. The van der Waals surface area contributed by atoms with Crippen LogP contribution in [0.2, 0.25) is 0 Å². The van der Waals surface area contributed by atoms with Gasteiger partial charge in [-0.2, -0.15) is 0 Å². The van der Waals surface area contributed by atoms with Gasteiger partial charge in [-0.05, 0) is 57.8 Å². The topological polar surface area (TPSA) is 17.1 Å². The van der Waals surface area contributed by atoms with Crippen molar-refractivity contribution in [3.05, 3.63) is 95.6 Å². The molecule has 0 amide bonds. The Hall–Kier alpha value is -2.57. The summed E-state index contributed by atoms with van der Waals surface area (Å²) in [4.78, 5) is 12.3. The molecule has 0 aliphatic heterocycles. The Morgan fingerprint density at radius 2 is 1.16 bits per heavy atom. The van der Waals surface area contributed by atoms with Gasteiger partial charge in [0.1, 0.15) is 0 Å². The van der Waals surface area contributed by atoms with E-state index < -0.39 is 7.81 Å². The van der Waals surface area contributed by atoms with Crippen molar-refractivity contribution in [3.8, 4) is 0 Å². The van der Waals surface area contributed by atoms with Gasteiger partial charge in [0.25, 0.3) is 0 Å². The molecule has 4 aromatic rings. The van der Waals surface area contributed by atoms with Crippen molar-refractivity contribution in [1.82, 2.24) is 0 Å². The molecule has 0 N–H and O–H groups in total. The molecule has 1 nitrogen and oxygen atoms in total. The number of fused-ring (bicyclic) bond motifs is 2. The van der Waals surface area contributed by atoms with E-state index in [1.165, 1.54) is 27.1 Å². The summed E-state index contributed by atoms with van der Waals surface area (Å²) in [6.07, 6.45) is 0.746. The maximum Gasteiger partial charge on any atom is 0.211 e. The summed E-state index contributed by atoms with van der Waals surface area (Å²) in [7, 11) is -10.7. The molecule has 0 bridgehead atoms. The van der Waals surface area contributed by atoms with E-state index in [4.69, 9.17) is 0 Å². The molecule has 0 saturated heterocycles. The van der Waals surface area contributed by atoms with E-state index in [0.717, 1.165) is 17.5 Å². The molecular weight excluding hydrogens is 469 g/mol. The third-order valence-corrected chi connectivity index (χ3v) is 5.05. The maximum atomic E-state index is 12.3. The molecule has 0 saturated carbocycles. The van der Waals surface area contributed by atoms with Crippen LogP contribution in [0.4, 0.5) is 25.2 Å². The quantitative estimate of drug-likeness (QED) is 0.0931. The predicted molar refractivity (Wildman–Crippen MR) is 124 cm³/mol. The van der Waals surface area contributed by atoms with Gasteiger partial charge in [0.15, 0.2) is 5.75 Å². The molecule has 0 aromatic heterocycles. The molecule has 0 radical (unpaired) electrons. The van der Waals surface area contributed by atoms with Crippen molar-refractivity contribution in [2.75, 3.05) is 5.75 Å². The standard InChI is InChI=1S/C23H18OS.F6P/c24-23(15-25)21-12-6-3-9-18(21)14-22-19-10-4-1-7-16(19)13-17-8-2-5-11-20(17)22;1-7(2,3,4,5)6/h1-13,25H,14-15H2;/q;-1/p+1. The summed E-state index contributed by atoms with van der Waals surface area (Å²) in [5, 5.41) is 4.98. The van der Waals surface area contributed by atoms with Gasteiger partial charge in [0.2, 0.25) is 5.78 Å². The van der Waals surface area contributed by atoms with Crippen LogP contribution < -0.4 is 0 Å². The van der Waals surface area contributed by atoms with Crippen LogP contribution in [-0.2, 0) is 19.0 Å². The maximum absolute atomic E-state index is 12.3. The molecule has 170 valence electrons. The van der Waals surface area contributed by atoms with Gasteiger partial charge in [0.05, 0.1) is 0 Å². The molecule has 0 aliphatic carbocycles. The monoisotopic (exact) mass is 488 g/mol. The van der Waals surface area contributed by atoms with E-state index in [2.05, 4.69) is 73.3 Å². The predicted octanol–water partition coefficient (Wildman–Crippen LogP) is 8.16. The average Bonchev–Trinajstić information content (AvgIpc) is 2.71. The molecule has 0 atom stereocenters. The van der Waals surface area contributed by atoms with Crippen molar-refractivity contribution in [2.45, 2.75) is 6.42 Å². The average molecular weight is 488 g/mol. The summed E-state index contributed by atoms with van der Waals surface area (Å²) in [5.41, 5.74) is 3.16. The second-order valence-corrected chi connectivity index (χ2v) is 9.46. The van der Waals surface area contributed by atoms with Crippen LogP contribution >= 0.6 is 7.81 Å². The molecule has 0 fully saturated rings. The Balaban J connectivity index is 0.000000360. The van der Waals surface area contributed by atoms with Gasteiger partial charge in [-0.1, -0.05) is 72.8 Å². The van der Waals surface area contributed by atoms with Crippen molar-refractivity contribution < 1.29 is 30.0 Å². The number of hydrogen-bond donors (Lipinski definition) is 0. The minimum atomic E-state index is -10.7. The van der Waals surface area contributed by atoms with Crippen LogP contribution in [0.3, 0.4) is 0 Å². The number of hydrogen-bond acceptors (Lipinski definition) is 1. The molecular formula is C23H19F6OPS. The molecule has 0 spiro atoms. The fourth-order valence-corrected chi connectivity index (χ4v) is 3.72. The van der Waals surface area contributed by atoms with Crippen molar-refractivity contribution in [3.63, 3.8) is 0 Å². The van der Waals surface area contributed by atoms with E-state index in [9.17, 15) is 30.0 Å². The van der Waals surface area contributed by atoms with E-state index in [1.807, 2.05) is 18.2 Å². The van der Waals surface area contributed by atoms with Crippen LogP contribution in [0.5, 0.6) is 0 Å². The third-order valence-electron chi connectivity index (χ3n) is 4.73. The van der Waals surface area contributed by atoms with E-state index in [0.29, 0.717) is 5.75 Å². The van der Waals surface area contributed by atoms with Gasteiger partial charge in [-0.15, -0.1) is 0 Å². The Morgan fingerprint density at radius 3 is 1.66 bits per heavy atom. The first-order valence-electron chi connectivity index (χ1n) is 9.44. The van der Waals surface area contributed by atoms with Gasteiger partial charge in [0, 0.05) is 5.56 Å². The van der Waals surface area contributed by atoms with Gasteiger partial charge in [-0.25, -0.2) is 0 Å². The number of benzene rings is 4. The second-order valence-electron chi connectivity index (χ2n) is 7.19. The molecule has 32 heavy (non-hydrogen) atoms. The second kappa shape index (κ2) is 8.09. The molecule has 4 aromatic carbocycles. The molecule has 0 heterocycles.